The van der Waals surface area contributed by atoms with Gasteiger partial charge in [-0.2, -0.15) is 0 Å². The lowest BCUT2D eigenvalue weighted by molar-refractivity contribution is 0.427. The minimum Gasteiger partial charge on any atom is -0.455 e. The molecule has 0 aliphatic rings. The molecule has 0 unspecified atom stereocenters. The van der Waals surface area contributed by atoms with E-state index < -0.39 is 16.6 Å². The summed E-state index contributed by atoms with van der Waals surface area (Å²) in [5.74, 6) is 0. The van der Waals surface area contributed by atoms with Gasteiger partial charge in [0.1, 0.15) is 0 Å². The molecule has 0 heterocycles. The van der Waals surface area contributed by atoms with Gasteiger partial charge in [-0.05, 0) is 84.5 Å². The van der Waals surface area contributed by atoms with Crippen LogP contribution in [0.5, 0.6) is 0 Å². The van der Waals surface area contributed by atoms with Crippen LogP contribution >= 0.6 is 31.9 Å². The van der Waals surface area contributed by atoms with Crippen molar-refractivity contribution in [2.75, 3.05) is 0 Å². The van der Waals surface area contributed by atoms with Crippen molar-refractivity contribution >= 4 is 48.5 Å². The molecule has 29 heavy (non-hydrogen) atoms. The molecule has 0 saturated carbocycles. The molecule has 0 atom stereocenters. The summed E-state index contributed by atoms with van der Waals surface area (Å²) in [5, 5.41) is 0.303. The second-order valence-electron chi connectivity index (χ2n) is 10.5. The summed E-state index contributed by atoms with van der Waals surface area (Å²) in [6.07, 6.45) is 2.11. The zero-order valence-corrected chi connectivity index (χ0v) is 24.4. The number of benzene rings is 2. The monoisotopic (exact) mass is 554 g/mol. The minimum absolute atomic E-state index is 0.152. The van der Waals surface area contributed by atoms with Gasteiger partial charge in [0.2, 0.25) is 0 Å². The Morgan fingerprint density at radius 3 is 1.17 bits per heavy atom. The largest absolute Gasteiger partial charge is 0.455 e. The zero-order valence-electron chi connectivity index (χ0n) is 19.2. The predicted molar refractivity (Wildman–Crippen MR) is 140 cm³/mol. The third-order valence-corrected chi connectivity index (χ3v) is 18.9. The van der Waals surface area contributed by atoms with E-state index >= 15 is 0 Å². The van der Waals surface area contributed by atoms with Crippen LogP contribution in [0, 0.1) is 0 Å². The zero-order chi connectivity index (χ0) is 22.1. The van der Waals surface area contributed by atoms with Crippen LogP contribution in [0.2, 0.25) is 36.3 Å². The van der Waals surface area contributed by atoms with Crippen molar-refractivity contribution < 1.29 is 4.12 Å². The van der Waals surface area contributed by atoms with Crippen molar-refractivity contribution in [3.05, 3.63) is 68.6 Å². The van der Waals surface area contributed by atoms with Gasteiger partial charge >= 0.3 is 0 Å². The topological polar surface area (TPSA) is 9.23 Å². The van der Waals surface area contributed by atoms with Gasteiger partial charge in [-0.1, -0.05) is 83.8 Å². The summed E-state index contributed by atoms with van der Waals surface area (Å²) in [4.78, 5) is 0. The standard InChI is InChI=1S/C24H36Br2OSi2/c1-23(2,17-19-9-13-21(25)14-10-19)28(5,6)27-29(7,8)24(3,4)18-20-11-15-22(26)16-12-20/h9-16H,17-18H2,1-8H3. The SMILES string of the molecule is CC(C)(Cc1ccc(Br)cc1)[Si](C)(C)O[Si](C)(C)C(C)(C)Cc1ccc(Br)cc1. The highest BCUT2D eigenvalue weighted by atomic mass is 79.9. The van der Waals surface area contributed by atoms with E-state index in [-0.39, 0.29) is 10.1 Å². The molecular formula is C24H36Br2OSi2. The average Bonchev–Trinajstić information content (AvgIpc) is 2.57. The van der Waals surface area contributed by atoms with Gasteiger partial charge in [0.25, 0.3) is 0 Å². The Bertz CT molecular complexity index is 740. The van der Waals surface area contributed by atoms with E-state index in [2.05, 4.69) is 134 Å². The summed E-state index contributed by atoms with van der Waals surface area (Å²) in [7, 11) is -3.91. The molecule has 0 fully saturated rings. The molecule has 0 N–H and O–H groups in total. The lowest BCUT2D eigenvalue weighted by atomic mass is 10.0. The summed E-state index contributed by atoms with van der Waals surface area (Å²) >= 11 is 7.09. The van der Waals surface area contributed by atoms with Crippen molar-refractivity contribution in [2.24, 2.45) is 0 Å². The first-order valence-electron chi connectivity index (χ1n) is 10.3. The average molecular weight is 557 g/mol. The van der Waals surface area contributed by atoms with Gasteiger partial charge in [0, 0.05) is 8.95 Å². The van der Waals surface area contributed by atoms with Gasteiger partial charge in [0.15, 0.2) is 16.6 Å². The maximum Gasteiger partial charge on any atom is 0.179 e. The van der Waals surface area contributed by atoms with E-state index in [4.69, 9.17) is 4.12 Å². The molecule has 0 radical (unpaired) electrons. The second-order valence-corrected chi connectivity index (χ2v) is 21.9. The van der Waals surface area contributed by atoms with Crippen molar-refractivity contribution in [3.8, 4) is 0 Å². The summed E-state index contributed by atoms with van der Waals surface area (Å²) in [5.41, 5.74) is 2.77. The molecule has 0 aliphatic heterocycles. The molecule has 1 nitrogen and oxygen atoms in total. The molecule has 0 saturated heterocycles. The first-order valence-corrected chi connectivity index (χ1v) is 17.7. The van der Waals surface area contributed by atoms with Crippen molar-refractivity contribution in [1.29, 1.82) is 0 Å². The van der Waals surface area contributed by atoms with Crippen LogP contribution in [0.3, 0.4) is 0 Å². The normalized spacial score (nSPS) is 13.6. The van der Waals surface area contributed by atoms with Gasteiger partial charge in [0.05, 0.1) is 0 Å². The molecule has 2 rings (SSSR count). The van der Waals surface area contributed by atoms with Gasteiger partial charge in [-0.25, -0.2) is 0 Å². The summed E-state index contributed by atoms with van der Waals surface area (Å²) in [6, 6.07) is 17.5. The van der Waals surface area contributed by atoms with Crippen LogP contribution in [0.1, 0.15) is 38.8 Å². The van der Waals surface area contributed by atoms with Crippen molar-refractivity contribution in [3.63, 3.8) is 0 Å². The lowest BCUT2D eigenvalue weighted by Gasteiger charge is -2.49. The number of halogens is 2. The highest BCUT2D eigenvalue weighted by molar-refractivity contribution is 9.10. The summed E-state index contributed by atoms with van der Waals surface area (Å²) in [6.45, 7) is 19.2. The van der Waals surface area contributed by atoms with Crippen molar-refractivity contribution in [1.82, 2.24) is 0 Å². The molecule has 5 heteroatoms. The molecule has 2 aromatic rings. The second kappa shape index (κ2) is 9.11. The maximum atomic E-state index is 7.21. The van der Waals surface area contributed by atoms with E-state index in [0.717, 1.165) is 21.8 Å². The lowest BCUT2D eigenvalue weighted by Crippen LogP contribution is -2.55. The molecule has 0 aliphatic carbocycles. The van der Waals surface area contributed by atoms with E-state index in [1.165, 1.54) is 11.1 Å². The number of hydrogen-bond acceptors (Lipinski definition) is 1. The van der Waals surface area contributed by atoms with Crippen LogP contribution in [0.15, 0.2) is 57.5 Å². The van der Waals surface area contributed by atoms with Gasteiger partial charge in [-0.15, -0.1) is 0 Å². The van der Waals surface area contributed by atoms with Crippen molar-refractivity contribution in [2.45, 2.75) is 76.8 Å². The van der Waals surface area contributed by atoms with Crippen LogP contribution in [0.25, 0.3) is 0 Å². The van der Waals surface area contributed by atoms with Gasteiger partial charge < -0.3 is 4.12 Å². The van der Waals surface area contributed by atoms with Crippen LogP contribution < -0.4 is 0 Å². The van der Waals surface area contributed by atoms with E-state index in [9.17, 15) is 0 Å². The first-order chi connectivity index (χ1) is 13.2. The van der Waals surface area contributed by atoms with E-state index in [0.29, 0.717) is 0 Å². The van der Waals surface area contributed by atoms with E-state index in [1.807, 2.05) is 0 Å². The Morgan fingerprint density at radius 2 is 0.897 bits per heavy atom. The molecule has 160 valence electrons. The third-order valence-electron chi connectivity index (χ3n) is 6.89. The fourth-order valence-corrected chi connectivity index (χ4v) is 12.7. The Hall–Kier alpha value is -0.206. The van der Waals surface area contributed by atoms with E-state index in [1.54, 1.807) is 0 Å². The first kappa shape index (κ1) is 25.1. The fourth-order valence-electron chi connectivity index (χ4n) is 3.57. The Balaban J connectivity index is 2.18. The quantitative estimate of drug-likeness (QED) is 0.295. The summed E-state index contributed by atoms with van der Waals surface area (Å²) < 4.78 is 9.47. The van der Waals surface area contributed by atoms with Gasteiger partial charge in [-0.3, -0.25) is 0 Å². The number of hydrogen-bond donors (Lipinski definition) is 0. The predicted octanol–water partition coefficient (Wildman–Crippen LogP) is 8.98. The third kappa shape index (κ3) is 6.39. The van der Waals surface area contributed by atoms with Crippen LogP contribution in [-0.2, 0) is 17.0 Å². The van der Waals surface area contributed by atoms with Crippen LogP contribution in [0.4, 0.5) is 0 Å². The Labute approximate surface area is 197 Å². The Kier molecular flexibility index (Phi) is 7.87. The molecule has 0 amide bonds. The molecule has 0 aromatic heterocycles. The molecule has 0 spiro atoms. The van der Waals surface area contributed by atoms with Crippen LogP contribution in [-0.4, -0.2) is 16.6 Å². The minimum atomic E-state index is -1.96. The maximum absolute atomic E-state index is 7.21. The number of rotatable bonds is 8. The molecule has 0 bridgehead atoms. The smallest absolute Gasteiger partial charge is 0.179 e. The Morgan fingerprint density at radius 1 is 0.621 bits per heavy atom. The highest BCUT2D eigenvalue weighted by Gasteiger charge is 2.49. The molecular weight excluding hydrogens is 520 g/mol. The fraction of sp³-hybridized carbons (Fsp3) is 0.500. The molecule has 2 aromatic carbocycles. The highest BCUT2D eigenvalue weighted by Crippen LogP contribution is 2.48.